The highest BCUT2D eigenvalue weighted by Crippen LogP contribution is 2.43. The molecule has 3 unspecified atom stereocenters. The second-order valence-corrected chi connectivity index (χ2v) is 17.6. The summed E-state index contributed by atoms with van der Waals surface area (Å²) in [7, 11) is -4.53. The van der Waals surface area contributed by atoms with Gasteiger partial charge in [-0.15, -0.1) is 0 Å². The first-order valence-corrected chi connectivity index (χ1v) is 25.6. The number of aliphatic hydroxyl groups is 2. The summed E-state index contributed by atoms with van der Waals surface area (Å²) in [5.41, 5.74) is 0. The molecule has 59 heavy (non-hydrogen) atoms. The lowest BCUT2D eigenvalue weighted by atomic mass is 10.0. The highest BCUT2D eigenvalue weighted by atomic mass is 31.2. The second-order valence-electron chi connectivity index (χ2n) is 16.1. The molecule has 0 saturated carbocycles. The van der Waals surface area contributed by atoms with Crippen LogP contribution in [0.25, 0.3) is 0 Å². The van der Waals surface area contributed by atoms with Crippen molar-refractivity contribution >= 4 is 13.8 Å². The van der Waals surface area contributed by atoms with E-state index in [4.69, 9.17) is 23.6 Å². The summed E-state index contributed by atoms with van der Waals surface area (Å²) in [4.78, 5) is 22.6. The molecule has 0 saturated heterocycles. The number of hydrogen-bond donors (Lipinski definition) is 3. The molecule has 0 aromatic heterocycles. The molecule has 9 nitrogen and oxygen atoms in total. The van der Waals surface area contributed by atoms with E-state index in [-0.39, 0.29) is 19.6 Å². The SMILES string of the molecule is CC/C=C\C/C=C\C/C=C\C/C=C\CCCCCOCC(COP(=O)(O)OCC(O)CO)OC(=O)CCCCCCCCCCCCCCCCCCCCCCCC. The molecule has 0 aromatic rings. The third kappa shape index (κ3) is 45.8. The number of unbranched alkanes of at least 4 members (excludes halogenated alkanes) is 24. The molecule has 0 spiro atoms. The van der Waals surface area contributed by atoms with Gasteiger partial charge in [-0.05, 0) is 51.4 Å². The first-order valence-electron chi connectivity index (χ1n) is 24.1. The Balaban J connectivity index is 4.11. The van der Waals surface area contributed by atoms with E-state index in [1.807, 2.05) is 0 Å². The lowest BCUT2D eigenvalue weighted by Gasteiger charge is -2.20. The Labute approximate surface area is 362 Å². The fraction of sp³-hybridized carbons (Fsp3) is 0.816. The molecule has 0 aliphatic carbocycles. The molecule has 0 radical (unpaired) electrons. The van der Waals surface area contributed by atoms with Crippen LogP contribution in [-0.2, 0) is 27.9 Å². The number of rotatable bonds is 46. The first kappa shape index (κ1) is 57.4. The third-order valence-corrected chi connectivity index (χ3v) is 11.2. The van der Waals surface area contributed by atoms with Crippen molar-refractivity contribution in [2.24, 2.45) is 0 Å². The van der Waals surface area contributed by atoms with Crippen LogP contribution in [0.3, 0.4) is 0 Å². The quantitative estimate of drug-likeness (QED) is 0.0237. The van der Waals surface area contributed by atoms with Crippen molar-refractivity contribution in [2.45, 2.75) is 225 Å². The number of phosphoric ester groups is 1. The van der Waals surface area contributed by atoms with Crippen LogP contribution in [0.5, 0.6) is 0 Å². The van der Waals surface area contributed by atoms with Gasteiger partial charge in [-0.3, -0.25) is 13.8 Å². The highest BCUT2D eigenvalue weighted by Gasteiger charge is 2.26. The summed E-state index contributed by atoms with van der Waals surface area (Å²) in [6.07, 6.45) is 52.3. The molecular formula is C49H91O9P. The van der Waals surface area contributed by atoms with E-state index in [0.717, 1.165) is 70.6 Å². The zero-order valence-corrected chi connectivity index (χ0v) is 38.9. The molecule has 0 bridgehead atoms. The van der Waals surface area contributed by atoms with Crippen molar-refractivity contribution in [1.82, 2.24) is 0 Å². The molecule has 346 valence electrons. The van der Waals surface area contributed by atoms with E-state index in [0.29, 0.717) is 6.61 Å². The normalized spacial score (nSPS) is 14.3. The maximum Gasteiger partial charge on any atom is 0.472 e. The molecule has 0 heterocycles. The van der Waals surface area contributed by atoms with Gasteiger partial charge in [0.25, 0.3) is 0 Å². The zero-order valence-electron chi connectivity index (χ0n) is 38.0. The van der Waals surface area contributed by atoms with Gasteiger partial charge in [0.05, 0.1) is 26.4 Å². The minimum Gasteiger partial charge on any atom is -0.457 e. The number of phosphoric acid groups is 1. The number of aliphatic hydroxyl groups excluding tert-OH is 2. The van der Waals surface area contributed by atoms with Gasteiger partial charge in [0.2, 0.25) is 0 Å². The van der Waals surface area contributed by atoms with Crippen LogP contribution in [0.1, 0.15) is 213 Å². The van der Waals surface area contributed by atoms with Crippen molar-refractivity contribution in [3.8, 4) is 0 Å². The average Bonchev–Trinajstić information content (AvgIpc) is 3.23. The molecule has 0 aliphatic heterocycles. The summed E-state index contributed by atoms with van der Waals surface area (Å²) >= 11 is 0. The zero-order chi connectivity index (χ0) is 43.2. The Hall–Kier alpha value is -1.58. The number of allylic oxidation sites excluding steroid dienone is 8. The standard InChI is InChI=1S/C49H91O9P/c1-3-5-7-9-11-13-15-17-19-21-22-23-24-25-26-27-29-31-33-35-37-39-41-49(52)58-48(46-57-59(53,54)56-44-47(51)43-50)45-55-42-40-38-36-34-32-30-28-20-18-16-14-12-10-8-6-4-2/h6,8,12,14,18,20,30,32,47-48,50-51H,3-5,7,9-11,13,15-17,19,21-29,31,33-46H2,1-2H3,(H,53,54)/b8-6-,14-12-,20-18-,32-30-. The number of esters is 1. The number of carbonyl (C=O) groups is 1. The van der Waals surface area contributed by atoms with Crippen molar-refractivity contribution < 1.29 is 43.0 Å². The largest absolute Gasteiger partial charge is 0.472 e. The Morgan fingerprint density at radius 3 is 1.44 bits per heavy atom. The average molecular weight is 855 g/mol. The smallest absolute Gasteiger partial charge is 0.457 e. The van der Waals surface area contributed by atoms with E-state index in [1.165, 1.54) is 122 Å². The van der Waals surface area contributed by atoms with Gasteiger partial charge in [-0.25, -0.2) is 4.57 Å². The fourth-order valence-corrected chi connectivity index (χ4v) is 7.43. The van der Waals surface area contributed by atoms with E-state index in [9.17, 15) is 19.4 Å². The lowest BCUT2D eigenvalue weighted by Crippen LogP contribution is -2.29. The molecule has 0 aliphatic rings. The minimum absolute atomic E-state index is 0.0290. The Morgan fingerprint density at radius 1 is 0.542 bits per heavy atom. The van der Waals surface area contributed by atoms with Crippen LogP contribution >= 0.6 is 7.82 Å². The van der Waals surface area contributed by atoms with Crippen molar-refractivity contribution in [3.63, 3.8) is 0 Å². The predicted octanol–water partition coefficient (Wildman–Crippen LogP) is 13.8. The van der Waals surface area contributed by atoms with E-state index in [2.05, 4.69) is 62.5 Å². The van der Waals surface area contributed by atoms with Gasteiger partial charge >= 0.3 is 13.8 Å². The Morgan fingerprint density at radius 2 is 0.966 bits per heavy atom. The van der Waals surface area contributed by atoms with Crippen LogP contribution in [0.2, 0.25) is 0 Å². The van der Waals surface area contributed by atoms with Gasteiger partial charge < -0.3 is 24.6 Å². The fourth-order valence-electron chi connectivity index (χ4n) is 6.64. The lowest BCUT2D eigenvalue weighted by molar-refractivity contribution is -0.154. The molecule has 3 atom stereocenters. The molecule has 0 rings (SSSR count). The van der Waals surface area contributed by atoms with Crippen LogP contribution in [0.15, 0.2) is 48.6 Å². The molecule has 0 fully saturated rings. The van der Waals surface area contributed by atoms with Crippen molar-refractivity contribution in [2.75, 3.05) is 33.0 Å². The maximum atomic E-state index is 12.7. The summed E-state index contributed by atoms with van der Waals surface area (Å²) in [5, 5.41) is 18.4. The topological polar surface area (TPSA) is 132 Å². The summed E-state index contributed by atoms with van der Waals surface area (Å²) in [6, 6.07) is 0. The molecule has 0 amide bonds. The van der Waals surface area contributed by atoms with Crippen molar-refractivity contribution in [3.05, 3.63) is 48.6 Å². The van der Waals surface area contributed by atoms with Crippen LogP contribution in [0, 0.1) is 0 Å². The van der Waals surface area contributed by atoms with Crippen LogP contribution in [-0.4, -0.2) is 66.3 Å². The van der Waals surface area contributed by atoms with E-state index in [1.54, 1.807) is 0 Å². The number of hydrogen-bond acceptors (Lipinski definition) is 8. The minimum atomic E-state index is -4.53. The highest BCUT2D eigenvalue weighted by molar-refractivity contribution is 7.47. The van der Waals surface area contributed by atoms with Gasteiger partial charge in [0.15, 0.2) is 0 Å². The summed E-state index contributed by atoms with van der Waals surface area (Å²) < 4.78 is 33.4. The molecule has 3 N–H and O–H groups in total. The number of ether oxygens (including phenoxy) is 2. The molecule has 0 aromatic carbocycles. The van der Waals surface area contributed by atoms with Crippen molar-refractivity contribution in [1.29, 1.82) is 0 Å². The van der Waals surface area contributed by atoms with E-state index >= 15 is 0 Å². The second kappa shape index (κ2) is 45.9. The third-order valence-electron chi connectivity index (χ3n) is 10.3. The maximum absolute atomic E-state index is 12.7. The monoisotopic (exact) mass is 855 g/mol. The Bertz CT molecular complexity index is 1060. The van der Waals surface area contributed by atoms with Crippen LogP contribution in [0.4, 0.5) is 0 Å². The number of carbonyl (C=O) groups excluding carboxylic acids is 1. The van der Waals surface area contributed by atoms with Gasteiger partial charge in [0, 0.05) is 13.0 Å². The summed E-state index contributed by atoms with van der Waals surface area (Å²) in [6.45, 7) is 3.35. The molecule has 10 heteroatoms. The van der Waals surface area contributed by atoms with Gasteiger partial charge in [-0.2, -0.15) is 0 Å². The molecular weight excluding hydrogens is 764 g/mol. The summed E-state index contributed by atoms with van der Waals surface area (Å²) in [5.74, 6) is -0.391. The van der Waals surface area contributed by atoms with Gasteiger partial charge in [0.1, 0.15) is 12.2 Å². The van der Waals surface area contributed by atoms with E-state index < -0.39 is 39.2 Å². The van der Waals surface area contributed by atoms with Gasteiger partial charge in [-0.1, -0.05) is 204 Å². The predicted molar refractivity (Wildman–Crippen MR) is 247 cm³/mol. The first-order chi connectivity index (χ1) is 28.8. The van der Waals surface area contributed by atoms with Crippen LogP contribution < -0.4 is 0 Å². The Kier molecular flexibility index (Phi) is 44.7.